The smallest absolute Gasteiger partial charge is 0.101 e. The van der Waals surface area contributed by atoms with E-state index < -0.39 is 0 Å². The molecular formula is C14H12ClN3. The minimum absolute atomic E-state index is 0.544. The molecule has 0 aliphatic carbocycles. The van der Waals surface area contributed by atoms with Crippen LogP contribution in [0, 0.1) is 11.3 Å². The third-order valence-corrected chi connectivity index (χ3v) is 2.97. The molecule has 90 valence electrons. The summed E-state index contributed by atoms with van der Waals surface area (Å²) in [7, 11) is 1.88. The van der Waals surface area contributed by atoms with Crippen molar-refractivity contribution in [2.24, 2.45) is 0 Å². The molecule has 0 radical (unpaired) electrons. The third kappa shape index (κ3) is 2.67. The van der Waals surface area contributed by atoms with Crippen LogP contribution in [0.25, 0.3) is 11.1 Å². The van der Waals surface area contributed by atoms with Crippen LogP contribution in [-0.2, 0) is 6.54 Å². The molecule has 0 atom stereocenters. The van der Waals surface area contributed by atoms with E-state index in [2.05, 4.69) is 16.4 Å². The maximum atomic E-state index is 8.85. The van der Waals surface area contributed by atoms with Crippen LogP contribution in [0.15, 0.2) is 36.7 Å². The Morgan fingerprint density at radius 1 is 1.28 bits per heavy atom. The van der Waals surface area contributed by atoms with Gasteiger partial charge in [0.2, 0.25) is 0 Å². The molecule has 0 unspecified atom stereocenters. The second-order valence-electron chi connectivity index (χ2n) is 3.91. The van der Waals surface area contributed by atoms with Gasteiger partial charge in [0.05, 0.1) is 5.56 Å². The first-order valence-electron chi connectivity index (χ1n) is 5.53. The molecule has 1 N–H and O–H groups in total. The average Bonchev–Trinajstić information content (AvgIpc) is 2.41. The van der Waals surface area contributed by atoms with Crippen molar-refractivity contribution >= 4 is 11.6 Å². The lowest BCUT2D eigenvalue weighted by molar-refractivity contribution is 0.818. The Morgan fingerprint density at radius 3 is 2.78 bits per heavy atom. The molecule has 0 spiro atoms. The molecule has 3 nitrogen and oxygen atoms in total. The predicted molar refractivity (Wildman–Crippen MR) is 72.2 cm³/mol. The summed E-state index contributed by atoms with van der Waals surface area (Å²) in [6, 6.07) is 9.74. The Kier molecular flexibility index (Phi) is 3.93. The lowest BCUT2D eigenvalue weighted by atomic mass is 10.0. The summed E-state index contributed by atoms with van der Waals surface area (Å²) in [6.45, 7) is 0.732. The van der Waals surface area contributed by atoms with Crippen LogP contribution in [0.1, 0.15) is 11.1 Å². The minimum atomic E-state index is 0.544. The molecule has 1 aromatic carbocycles. The molecule has 18 heavy (non-hydrogen) atoms. The van der Waals surface area contributed by atoms with Crippen LogP contribution in [-0.4, -0.2) is 12.0 Å². The van der Waals surface area contributed by atoms with Crippen molar-refractivity contribution in [1.29, 1.82) is 5.26 Å². The van der Waals surface area contributed by atoms with E-state index in [0.29, 0.717) is 10.6 Å². The molecule has 0 saturated carbocycles. The van der Waals surface area contributed by atoms with Gasteiger partial charge in [-0.15, -0.1) is 0 Å². The minimum Gasteiger partial charge on any atom is -0.316 e. The molecule has 0 bridgehead atoms. The zero-order valence-electron chi connectivity index (χ0n) is 9.94. The van der Waals surface area contributed by atoms with Crippen LogP contribution < -0.4 is 5.32 Å². The summed E-state index contributed by atoms with van der Waals surface area (Å²) in [5.74, 6) is 0. The normalized spacial score (nSPS) is 10.1. The van der Waals surface area contributed by atoms with Gasteiger partial charge in [0.1, 0.15) is 6.07 Å². The number of nitrogens with zero attached hydrogens (tertiary/aromatic N) is 2. The summed E-state index contributed by atoms with van der Waals surface area (Å²) in [6.07, 6.45) is 3.27. The summed E-state index contributed by atoms with van der Waals surface area (Å²) >= 11 is 6.21. The van der Waals surface area contributed by atoms with E-state index in [0.717, 1.165) is 23.2 Å². The Balaban J connectivity index is 2.39. The molecule has 0 amide bonds. The van der Waals surface area contributed by atoms with Crippen LogP contribution in [0.2, 0.25) is 5.02 Å². The predicted octanol–water partition coefficient (Wildman–Crippen LogP) is 2.99. The maximum Gasteiger partial charge on any atom is 0.101 e. The van der Waals surface area contributed by atoms with Gasteiger partial charge in [-0.05, 0) is 30.3 Å². The molecule has 0 saturated heterocycles. The van der Waals surface area contributed by atoms with Gasteiger partial charge in [-0.1, -0.05) is 23.7 Å². The quantitative estimate of drug-likeness (QED) is 0.920. The van der Waals surface area contributed by atoms with Gasteiger partial charge < -0.3 is 5.32 Å². The number of halogens is 1. The van der Waals surface area contributed by atoms with Gasteiger partial charge in [-0.2, -0.15) is 5.26 Å². The van der Waals surface area contributed by atoms with Gasteiger partial charge in [0.15, 0.2) is 0 Å². The van der Waals surface area contributed by atoms with Gasteiger partial charge in [-0.25, -0.2) is 0 Å². The second kappa shape index (κ2) is 5.63. The van der Waals surface area contributed by atoms with Crippen LogP contribution in [0.5, 0.6) is 0 Å². The fraction of sp³-hybridized carbons (Fsp3) is 0.143. The molecule has 0 aliphatic rings. The monoisotopic (exact) mass is 257 g/mol. The number of pyridine rings is 1. The number of nitrogens with one attached hydrogen (secondary N) is 1. The van der Waals surface area contributed by atoms with Gasteiger partial charge in [0, 0.05) is 29.5 Å². The highest BCUT2D eigenvalue weighted by Crippen LogP contribution is 2.25. The standard InChI is InChI=1S/C14H12ClN3/c1-17-8-12-3-2-11(5-14(12)15)13-4-10(6-16)7-18-9-13/h2-5,7,9,17H,8H2,1H3. The molecule has 1 aromatic heterocycles. The Morgan fingerprint density at radius 2 is 2.11 bits per heavy atom. The van der Waals surface area contributed by atoms with E-state index in [4.69, 9.17) is 16.9 Å². The van der Waals surface area contributed by atoms with Crippen molar-refractivity contribution in [2.45, 2.75) is 6.54 Å². The van der Waals surface area contributed by atoms with Crippen LogP contribution >= 0.6 is 11.6 Å². The zero-order chi connectivity index (χ0) is 13.0. The number of nitriles is 1. The Bertz CT molecular complexity index is 602. The van der Waals surface area contributed by atoms with Crippen LogP contribution in [0.4, 0.5) is 0 Å². The number of rotatable bonds is 3. The fourth-order valence-corrected chi connectivity index (χ4v) is 1.97. The van der Waals surface area contributed by atoms with E-state index in [9.17, 15) is 0 Å². The maximum absolute atomic E-state index is 8.85. The lowest BCUT2D eigenvalue weighted by Crippen LogP contribution is -2.05. The molecule has 0 fully saturated rings. The summed E-state index contributed by atoms with van der Waals surface area (Å²) in [4.78, 5) is 4.04. The first-order chi connectivity index (χ1) is 8.74. The van der Waals surface area contributed by atoms with Gasteiger partial charge in [0.25, 0.3) is 0 Å². The highest BCUT2D eigenvalue weighted by atomic mass is 35.5. The summed E-state index contributed by atoms with van der Waals surface area (Å²) < 4.78 is 0. The molecule has 2 aromatic rings. The summed E-state index contributed by atoms with van der Waals surface area (Å²) in [5.41, 5.74) is 3.45. The SMILES string of the molecule is CNCc1ccc(-c2cncc(C#N)c2)cc1Cl. The third-order valence-electron chi connectivity index (χ3n) is 2.62. The van der Waals surface area contributed by atoms with Gasteiger partial charge in [-0.3, -0.25) is 4.98 Å². The Hall–Kier alpha value is -1.89. The molecular weight excluding hydrogens is 246 g/mol. The number of hydrogen-bond donors (Lipinski definition) is 1. The second-order valence-corrected chi connectivity index (χ2v) is 4.32. The average molecular weight is 258 g/mol. The topological polar surface area (TPSA) is 48.7 Å². The zero-order valence-corrected chi connectivity index (χ0v) is 10.7. The summed E-state index contributed by atoms with van der Waals surface area (Å²) in [5, 5.41) is 12.6. The number of aromatic nitrogens is 1. The van der Waals surface area contributed by atoms with E-state index in [-0.39, 0.29) is 0 Å². The molecule has 1 heterocycles. The van der Waals surface area contributed by atoms with E-state index in [1.165, 1.54) is 0 Å². The molecule has 4 heteroatoms. The highest BCUT2D eigenvalue weighted by molar-refractivity contribution is 6.31. The van der Waals surface area contributed by atoms with Crippen molar-refractivity contribution in [3.8, 4) is 17.2 Å². The van der Waals surface area contributed by atoms with E-state index >= 15 is 0 Å². The molecule has 2 rings (SSSR count). The van der Waals surface area contributed by atoms with Crippen LogP contribution in [0.3, 0.4) is 0 Å². The molecule has 0 aliphatic heterocycles. The highest BCUT2D eigenvalue weighted by Gasteiger charge is 2.04. The van der Waals surface area contributed by atoms with E-state index in [1.807, 2.05) is 25.2 Å². The lowest BCUT2D eigenvalue weighted by Gasteiger charge is -2.07. The first kappa shape index (κ1) is 12.6. The van der Waals surface area contributed by atoms with Crippen molar-refractivity contribution in [2.75, 3.05) is 7.05 Å². The number of hydrogen-bond acceptors (Lipinski definition) is 3. The number of benzene rings is 1. The van der Waals surface area contributed by atoms with Crippen molar-refractivity contribution in [3.05, 3.63) is 52.8 Å². The van der Waals surface area contributed by atoms with Crippen molar-refractivity contribution in [3.63, 3.8) is 0 Å². The van der Waals surface area contributed by atoms with Crippen molar-refractivity contribution < 1.29 is 0 Å². The largest absolute Gasteiger partial charge is 0.316 e. The Labute approximate surface area is 111 Å². The first-order valence-corrected chi connectivity index (χ1v) is 5.91. The van der Waals surface area contributed by atoms with Crippen molar-refractivity contribution in [1.82, 2.24) is 10.3 Å². The fourth-order valence-electron chi connectivity index (χ4n) is 1.72. The van der Waals surface area contributed by atoms with Gasteiger partial charge >= 0.3 is 0 Å². The van der Waals surface area contributed by atoms with E-state index in [1.54, 1.807) is 18.5 Å².